The van der Waals surface area contributed by atoms with Crippen molar-refractivity contribution in [1.82, 2.24) is 9.97 Å². The number of nitrogens with one attached hydrogen (secondary N) is 1. The Morgan fingerprint density at radius 2 is 2.00 bits per heavy atom. The zero-order chi connectivity index (χ0) is 17.7. The number of unbranched alkanes of at least 4 members (excludes halogenated alkanes) is 1. The second kappa shape index (κ2) is 7.74. The molecule has 2 aromatic rings. The Morgan fingerprint density at radius 3 is 2.58 bits per heavy atom. The van der Waals surface area contributed by atoms with Gasteiger partial charge in [-0.25, -0.2) is 18.5 Å². The van der Waals surface area contributed by atoms with Crippen molar-refractivity contribution in [3.8, 4) is 0 Å². The van der Waals surface area contributed by atoms with Crippen molar-refractivity contribution in [3.05, 3.63) is 52.6 Å². The molecule has 0 radical (unpaired) electrons. The van der Waals surface area contributed by atoms with Crippen LogP contribution in [0.25, 0.3) is 6.08 Å². The van der Waals surface area contributed by atoms with Gasteiger partial charge in [-0.15, -0.1) is 0 Å². The molecular weight excluding hydrogens is 350 g/mol. The second-order valence-electron chi connectivity index (χ2n) is 5.25. The number of hydrogen-bond acceptors (Lipinski definition) is 4. The fourth-order valence-corrected chi connectivity index (χ4v) is 2.78. The molecule has 0 aliphatic rings. The fourth-order valence-electron chi connectivity index (χ4n) is 2.05. The number of nitrogens with two attached hydrogens (primary N) is 1. The van der Waals surface area contributed by atoms with Gasteiger partial charge in [0.05, 0.1) is 4.90 Å². The van der Waals surface area contributed by atoms with Crippen LogP contribution in [-0.4, -0.2) is 24.2 Å². The number of imidazole rings is 1. The second-order valence-corrected chi connectivity index (χ2v) is 7.19. The van der Waals surface area contributed by atoms with E-state index in [0.29, 0.717) is 16.4 Å². The van der Waals surface area contributed by atoms with Gasteiger partial charge >= 0.3 is 0 Å². The highest BCUT2D eigenvalue weighted by atomic mass is 35.5. The molecule has 0 unspecified atom stereocenters. The van der Waals surface area contributed by atoms with Crippen molar-refractivity contribution in [3.63, 3.8) is 0 Å². The van der Waals surface area contributed by atoms with Crippen LogP contribution in [0.1, 0.15) is 41.6 Å². The molecule has 24 heavy (non-hydrogen) atoms. The summed E-state index contributed by atoms with van der Waals surface area (Å²) in [6.45, 7) is 2.09. The number of aryl methyl sites for hydroxylation is 1. The van der Waals surface area contributed by atoms with Crippen molar-refractivity contribution in [2.75, 3.05) is 0 Å². The molecule has 0 amide bonds. The Morgan fingerprint density at radius 1 is 1.33 bits per heavy atom. The SMILES string of the molecule is CCCCc1nc(/C=C/C(=O)c2ccc(S(N)(=O)=O)cc2)c(Cl)[nH]1. The normalized spacial score (nSPS) is 12.0. The Bertz CT molecular complexity index is 855. The minimum atomic E-state index is -3.77. The van der Waals surface area contributed by atoms with Crippen LogP contribution in [0.15, 0.2) is 35.2 Å². The third-order valence-corrected chi connectivity index (χ3v) is 4.58. The number of H-pyrrole nitrogens is 1. The third kappa shape index (κ3) is 4.77. The fraction of sp³-hybridized carbons (Fsp3) is 0.250. The summed E-state index contributed by atoms with van der Waals surface area (Å²) in [5.74, 6) is 0.497. The van der Waals surface area contributed by atoms with E-state index in [1.54, 1.807) is 0 Å². The number of nitrogens with zero attached hydrogens (tertiary/aromatic N) is 1. The first-order chi connectivity index (χ1) is 11.3. The molecule has 0 spiro atoms. The van der Waals surface area contributed by atoms with Crippen LogP contribution < -0.4 is 5.14 Å². The number of aromatic nitrogens is 2. The first kappa shape index (κ1) is 18.4. The lowest BCUT2D eigenvalue weighted by atomic mass is 10.1. The Hall–Kier alpha value is -1.96. The summed E-state index contributed by atoms with van der Waals surface area (Å²) in [7, 11) is -3.77. The number of benzene rings is 1. The standard InChI is InChI=1S/C16H18ClN3O3S/c1-2-3-4-15-19-13(16(17)20-15)9-10-14(21)11-5-7-12(8-6-11)24(18,22)23/h5-10H,2-4H2,1H3,(H,19,20)(H2,18,22,23)/b10-9+. The number of carbonyl (C=O) groups excluding carboxylic acids is 1. The van der Waals surface area contributed by atoms with Crippen LogP contribution in [-0.2, 0) is 16.4 Å². The first-order valence-electron chi connectivity index (χ1n) is 7.41. The largest absolute Gasteiger partial charge is 0.333 e. The van der Waals surface area contributed by atoms with E-state index in [-0.39, 0.29) is 10.7 Å². The highest BCUT2D eigenvalue weighted by Gasteiger charge is 2.10. The Kier molecular flexibility index (Phi) is 5.93. The summed E-state index contributed by atoms with van der Waals surface area (Å²) >= 11 is 6.06. The monoisotopic (exact) mass is 367 g/mol. The molecule has 0 aliphatic heterocycles. The smallest absolute Gasteiger partial charge is 0.238 e. The summed E-state index contributed by atoms with van der Waals surface area (Å²) in [6.07, 6.45) is 5.73. The molecule has 1 aromatic carbocycles. The van der Waals surface area contributed by atoms with Gasteiger partial charge in [0.25, 0.3) is 0 Å². The van der Waals surface area contributed by atoms with Gasteiger partial charge in [0.1, 0.15) is 16.7 Å². The summed E-state index contributed by atoms with van der Waals surface area (Å²) in [5, 5.41) is 5.40. The highest BCUT2D eigenvalue weighted by molar-refractivity contribution is 7.89. The molecular formula is C16H18ClN3O3S. The Balaban J connectivity index is 2.11. The predicted octanol–water partition coefficient (Wildman–Crippen LogP) is 2.95. The number of hydrogen-bond donors (Lipinski definition) is 2. The molecule has 8 heteroatoms. The molecule has 0 saturated carbocycles. The van der Waals surface area contributed by atoms with Crippen LogP contribution in [0, 0.1) is 0 Å². The van der Waals surface area contributed by atoms with Gasteiger partial charge in [-0.05, 0) is 42.8 Å². The average Bonchev–Trinajstić information content (AvgIpc) is 2.90. The van der Waals surface area contributed by atoms with Gasteiger partial charge in [-0.2, -0.15) is 0 Å². The summed E-state index contributed by atoms with van der Waals surface area (Å²) in [6, 6.07) is 5.40. The van der Waals surface area contributed by atoms with Gasteiger partial charge in [0, 0.05) is 12.0 Å². The van der Waals surface area contributed by atoms with Gasteiger partial charge in [0.15, 0.2) is 5.78 Å². The topological polar surface area (TPSA) is 106 Å². The molecule has 3 N–H and O–H groups in total. The number of ketones is 1. The number of allylic oxidation sites excluding steroid dienone is 1. The van der Waals surface area contributed by atoms with E-state index in [9.17, 15) is 13.2 Å². The quantitative estimate of drug-likeness (QED) is 0.579. The van der Waals surface area contributed by atoms with E-state index < -0.39 is 10.0 Å². The minimum Gasteiger partial charge on any atom is -0.333 e. The van der Waals surface area contributed by atoms with Crippen molar-refractivity contribution >= 4 is 33.5 Å². The zero-order valence-electron chi connectivity index (χ0n) is 13.1. The van der Waals surface area contributed by atoms with Crippen LogP contribution in [0.2, 0.25) is 5.15 Å². The number of halogens is 1. The molecule has 128 valence electrons. The van der Waals surface area contributed by atoms with Crippen molar-refractivity contribution < 1.29 is 13.2 Å². The van der Waals surface area contributed by atoms with Gasteiger partial charge in [-0.1, -0.05) is 24.9 Å². The molecule has 1 heterocycles. The van der Waals surface area contributed by atoms with Gasteiger partial charge in [0.2, 0.25) is 10.0 Å². The molecule has 0 saturated heterocycles. The third-order valence-electron chi connectivity index (χ3n) is 3.36. The van der Waals surface area contributed by atoms with E-state index in [1.807, 2.05) is 0 Å². The van der Waals surface area contributed by atoms with Crippen LogP contribution in [0.3, 0.4) is 0 Å². The Labute approximate surface area is 145 Å². The molecule has 6 nitrogen and oxygen atoms in total. The maximum absolute atomic E-state index is 12.1. The maximum atomic E-state index is 12.1. The summed E-state index contributed by atoms with van der Waals surface area (Å²) in [5.41, 5.74) is 0.841. The number of primary sulfonamides is 1. The molecule has 2 rings (SSSR count). The lowest BCUT2D eigenvalue weighted by molar-refractivity contribution is 0.104. The van der Waals surface area contributed by atoms with Crippen molar-refractivity contribution in [2.24, 2.45) is 5.14 Å². The van der Waals surface area contributed by atoms with Crippen molar-refractivity contribution in [2.45, 2.75) is 31.1 Å². The van der Waals surface area contributed by atoms with E-state index >= 15 is 0 Å². The van der Waals surface area contributed by atoms with E-state index in [4.69, 9.17) is 16.7 Å². The molecule has 0 fully saturated rings. The zero-order valence-corrected chi connectivity index (χ0v) is 14.7. The number of rotatable bonds is 7. The molecule has 0 aliphatic carbocycles. The lowest BCUT2D eigenvalue weighted by Crippen LogP contribution is -2.12. The molecule has 0 bridgehead atoms. The van der Waals surface area contributed by atoms with E-state index in [1.165, 1.54) is 36.4 Å². The lowest BCUT2D eigenvalue weighted by Gasteiger charge is -1.99. The average molecular weight is 368 g/mol. The predicted molar refractivity (Wildman–Crippen MR) is 93.4 cm³/mol. The van der Waals surface area contributed by atoms with Gasteiger partial charge in [-0.3, -0.25) is 4.79 Å². The summed E-state index contributed by atoms with van der Waals surface area (Å²) in [4.78, 5) is 19.4. The number of carbonyl (C=O) groups is 1. The minimum absolute atomic E-state index is 0.0426. The maximum Gasteiger partial charge on any atom is 0.238 e. The van der Waals surface area contributed by atoms with E-state index in [0.717, 1.165) is 25.1 Å². The van der Waals surface area contributed by atoms with Crippen LogP contribution in [0.4, 0.5) is 0 Å². The van der Waals surface area contributed by atoms with Crippen molar-refractivity contribution in [1.29, 1.82) is 0 Å². The number of aromatic amines is 1. The molecule has 1 aromatic heterocycles. The van der Waals surface area contributed by atoms with Crippen LogP contribution in [0.5, 0.6) is 0 Å². The number of sulfonamides is 1. The van der Waals surface area contributed by atoms with Gasteiger partial charge < -0.3 is 4.98 Å². The van der Waals surface area contributed by atoms with E-state index in [2.05, 4.69) is 16.9 Å². The highest BCUT2D eigenvalue weighted by Crippen LogP contribution is 2.16. The summed E-state index contributed by atoms with van der Waals surface area (Å²) < 4.78 is 22.4. The first-order valence-corrected chi connectivity index (χ1v) is 9.33. The molecule has 0 atom stereocenters. The van der Waals surface area contributed by atoms with Crippen LogP contribution >= 0.6 is 11.6 Å².